The Balaban J connectivity index is 1.93. The Morgan fingerprint density at radius 3 is 2.64 bits per heavy atom. The van der Waals surface area contributed by atoms with Gasteiger partial charge in [0.05, 0.1) is 15.7 Å². The summed E-state index contributed by atoms with van der Waals surface area (Å²) in [6.07, 6.45) is 1.51. The zero-order valence-electron chi connectivity index (χ0n) is 14.5. The molecule has 0 spiro atoms. The van der Waals surface area contributed by atoms with E-state index < -0.39 is 21.3 Å². The zero-order chi connectivity index (χ0) is 18.1. The van der Waals surface area contributed by atoms with E-state index in [2.05, 4.69) is 14.9 Å². The van der Waals surface area contributed by atoms with Crippen LogP contribution in [-0.4, -0.2) is 30.7 Å². The maximum absolute atomic E-state index is 13.4. The first-order valence-electron chi connectivity index (χ1n) is 8.18. The second-order valence-corrected chi connectivity index (χ2v) is 10.3. The minimum absolute atomic E-state index is 0.274. The van der Waals surface area contributed by atoms with E-state index in [9.17, 15) is 8.60 Å². The van der Waals surface area contributed by atoms with E-state index in [1.54, 1.807) is 12.1 Å². The molecule has 1 atom stereocenters. The van der Waals surface area contributed by atoms with Crippen molar-refractivity contribution < 1.29 is 13.0 Å². The highest BCUT2D eigenvalue weighted by Crippen LogP contribution is 2.37. The number of hydrogen-bond acceptors (Lipinski definition) is 5. The quantitative estimate of drug-likeness (QED) is 0.873. The van der Waals surface area contributed by atoms with E-state index in [0.717, 1.165) is 24.3 Å². The molecule has 8 heteroatoms. The van der Waals surface area contributed by atoms with Gasteiger partial charge in [-0.05, 0) is 63.3 Å². The fraction of sp³-hybridized carbons (Fsp3) is 0.529. The highest BCUT2D eigenvalue weighted by atomic mass is 32.2. The van der Waals surface area contributed by atoms with Gasteiger partial charge in [0.15, 0.2) is 0 Å². The Kier molecular flexibility index (Phi) is 5.31. The van der Waals surface area contributed by atoms with Crippen LogP contribution >= 0.6 is 11.8 Å². The zero-order valence-corrected chi connectivity index (χ0v) is 16.2. The summed E-state index contributed by atoms with van der Waals surface area (Å²) >= 11 is 1.85. The molecule has 0 amide bonds. The largest absolute Gasteiger partial charge is 0.419 e. The summed E-state index contributed by atoms with van der Waals surface area (Å²) in [4.78, 5) is 0. The lowest BCUT2D eigenvalue weighted by Gasteiger charge is -2.36. The summed E-state index contributed by atoms with van der Waals surface area (Å²) in [6, 6.07) is 6.06. The second kappa shape index (κ2) is 7.17. The molecule has 1 aliphatic heterocycles. The van der Waals surface area contributed by atoms with Gasteiger partial charge in [-0.15, -0.1) is 10.2 Å². The summed E-state index contributed by atoms with van der Waals surface area (Å²) in [6.45, 7) is 5.77. The predicted molar refractivity (Wildman–Crippen MR) is 99.0 cm³/mol. The van der Waals surface area contributed by atoms with Crippen LogP contribution in [-0.2, 0) is 16.5 Å². The van der Waals surface area contributed by atoms with Crippen molar-refractivity contribution in [1.29, 1.82) is 0 Å². The molecule has 1 saturated heterocycles. The van der Waals surface area contributed by atoms with Gasteiger partial charge in [0.1, 0.15) is 11.4 Å². The lowest BCUT2D eigenvalue weighted by Crippen LogP contribution is -2.50. The van der Waals surface area contributed by atoms with Crippen molar-refractivity contribution in [2.24, 2.45) is 0 Å². The SMILES string of the molecule is CC(C)(C)S(=O)NC1(c2nnc(-c3cccc(F)c3)o2)CCSCC1. The van der Waals surface area contributed by atoms with Gasteiger partial charge in [0.25, 0.3) is 0 Å². The molecule has 136 valence electrons. The van der Waals surface area contributed by atoms with Crippen LogP contribution in [0, 0.1) is 5.82 Å². The molecule has 1 aromatic carbocycles. The van der Waals surface area contributed by atoms with E-state index in [4.69, 9.17) is 4.42 Å². The molecule has 1 aromatic heterocycles. The van der Waals surface area contributed by atoms with E-state index >= 15 is 0 Å². The smallest absolute Gasteiger partial charge is 0.247 e. The van der Waals surface area contributed by atoms with Crippen LogP contribution in [0.5, 0.6) is 0 Å². The summed E-state index contributed by atoms with van der Waals surface area (Å²) in [5.41, 5.74) is -0.0712. The highest BCUT2D eigenvalue weighted by molar-refractivity contribution is 7.99. The first-order valence-corrected chi connectivity index (χ1v) is 10.5. The average Bonchev–Trinajstić information content (AvgIpc) is 3.05. The van der Waals surface area contributed by atoms with Crippen LogP contribution < -0.4 is 4.72 Å². The van der Waals surface area contributed by atoms with Gasteiger partial charge in [-0.25, -0.2) is 13.3 Å². The van der Waals surface area contributed by atoms with Crippen LogP contribution in [0.4, 0.5) is 4.39 Å². The van der Waals surface area contributed by atoms with Gasteiger partial charge in [0.2, 0.25) is 11.8 Å². The fourth-order valence-corrected chi connectivity index (χ4v) is 4.71. The number of thioether (sulfide) groups is 1. The topological polar surface area (TPSA) is 68.0 Å². The van der Waals surface area contributed by atoms with Crippen molar-refractivity contribution >= 4 is 22.7 Å². The predicted octanol–water partition coefficient (Wildman–Crippen LogP) is 3.65. The second-order valence-electron chi connectivity index (χ2n) is 7.10. The number of nitrogens with zero attached hydrogens (tertiary/aromatic N) is 2. The van der Waals surface area contributed by atoms with Crippen molar-refractivity contribution in [3.05, 3.63) is 36.0 Å². The van der Waals surface area contributed by atoms with Crippen LogP contribution in [0.25, 0.3) is 11.5 Å². The number of nitrogens with one attached hydrogen (secondary N) is 1. The molecule has 1 aliphatic rings. The standard InChI is InChI=1S/C17H22FN3O2S2/c1-16(2,3)25(22)21-17(7-9-24-10-8-17)15-20-19-14(23-15)12-5-4-6-13(18)11-12/h4-6,11,21H,7-10H2,1-3H3. The molecule has 2 aromatic rings. The number of aromatic nitrogens is 2. The fourth-order valence-electron chi connectivity index (χ4n) is 2.56. The van der Waals surface area contributed by atoms with Crippen LogP contribution in [0.2, 0.25) is 0 Å². The lowest BCUT2D eigenvalue weighted by molar-refractivity contribution is 0.284. The van der Waals surface area contributed by atoms with E-state index in [-0.39, 0.29) is 11.7 Å². The maximum atomic E-state index is 13.4. The third-order valence-electron chi connectivity index (χ3n) is 4.10. The van der Waals surface area contributed by atoms with Crippen molar-refractivity contribution in [1.82, 2.24) is 14.9 Å². The molecular formula is C17H22FN3O2S2. The van der Waals surface area contributed by atoms with Gasteiger partial charge >= 0.3 is 0 Å². The number of benzene rings is 1. The van der Waals surface area contributed by atoms with Crippen molar-refractivity contribution in [2.75, 3.05) is 11.5 Å². The van der Waals surface area contributed by atoms with Gasteiger partial charge in [0, 0.05) is 5.56 Å². The molecule has 1 fully saturated rings. The molecule has 5 nitrogen and oxygen atoms in total. The van der Waals surface area contributed by atoms with E-state index in [1.807, 2.05) is 32.5 Å². The highest BCUT2D eigenvalue weighted by Gasteiger charge is 2.42. The summed E-state index contributed by atoms with van der Waals surface area (Å²) < 4.78 is 34.9. The summed E-state index contributed by atoms with van der Waals surface area (Å²) in [5.74, 6) is 2.19. The lowest BCUT2D eigenvalue weighted by atomic mass is 9.93. The van der Waals surface area contributed by atoms with Gasteiger partial charge in [-0.1, -0.05) is 6.07 Å². The third-order valence-corrected chi connectivity index (χ3v) is 6.77. The molecular weight excluding hydrogens is 361 g/mol. The third kappa shape index (κ3) is 4.12. The Morgan fingerprint density at radius 1 is 1.28 bits per heavy atom. The molecule has 1 N–H and O–H groups in total. The summed E-state index contributed by atoms with van der Waals surface area (Å²) in [7, 11) is -1.26. The molecule has 0 aliphatic carbocycles. The Morgan fingerprint density at radius 2 is 2.00 bits per heavy atom. The number of rotatable bonds is 4. The van der Waals surface area contributed by atoms with Crippen LogP contribution in [0.15, 0.2) is 28.7 Å². The van der Waals surface area contributed by atoms with Gasteiger partial charge < -0.3 is 4.42 Å². The molecule has 1 unspecified atom stereocenters. The molecule has 0 bridgehead atoms. The van der Waals surface area contributed by atoms with Crippen molar-refractivity contribution in [2.45, 2.75) is 43.9 Å². The average molecular weight is 384 g/mol. The number of halogens is 1. The Hall–Kier alpha value is -1.25. The van der Waals surface area contributed by atoms with Gasteiger partial charge in [-0.3, -0.25) is 0 Å². The van der Waals surface area contributed by atoms with E-state index in [0.29, 0.717) is 11.5 Å². The number of hydrogen-bond donors (Lipinski definition) is 1. The minimum atomic E-state index is -1.26. The Bertz CT molecular complexity index is 767. The van der Waals surface area contributed by atoms with Crippen molar-refractivity contribution in [3.63, 3.8) is 0 Å². The summed E-state index contributed by atoms with van der Waals surface area (Å²) in [5, 5.41) is 8.30. The van der Waals surface area contributed by atoms with Crippen LogP contribution in [0.3, 0.4) is 0 Å². The van der Waals surface area contributed by atoms with Crippen LogP contribution in [0.1, 0.15) is 39.5 Å². The Labute approximate surface area is 153 Å². The molecule has 3 rings (SSSR count). The molecule has 25 heavy (non-hydrogen) atoms. The molecule has 0 radical (unpaired) electrons. The monoisotopic (exact) mass is 383 g/mol. The molecule has 2 heterocycles. The van der Waals surface area contributed by atoms with Crippen molar-refractivity contribution in [3.8, 4) is 11.5 Å². The first-order chi connectivity index (χ1) is 11.8. The first kappa shape index (κ1) is 18.5. The molecule has 0 saturated carbocycles. The minimum Gasteiger partial charge on any atom is -0.419 e. The normalized spacial score (nSPS) is 18.9. The van der Waals surface area contributed by atoms with E-state index in [1.165, 1.54) is 12.1 Å². The maximum Gasteiger partial charge on any atom is 0.247 e. The van der Waals surface area contributed by atoms with Gasteiger partial charge in [-0.2, -0.15) is 11.8 Å².